The number of nitriles is 1. The number of benzene rings is 1. The maximum atomic E-state index is 12.3. The molecular formula is C19H24N2O4. The van der Waals surface area contributed by atoms with E-state index in [2.05, 4.69) is 6.92 Å². The Morgan fingerprint density at radius 2 is 1.96 bits per heavy atom. The van der Waals surface area contributed by atoms with Gasteiger partial charge in [0.1, 0.15) is 11.6 Å². The number of aryl methyl sites for hydroxylation is 1. The van der Waals surface area contributed by atoms with Crippen LogP contribution in [0.4, 0.5) is 5.69 Å². The van der Waals surface area contributed by atoms with Gasteiger partial charge in [-0.25, -0.2) is 0 Å². The monoisotopic (exact) mass is 344 g/mol. The Bertz CT molecular complexity index is 737. The molecule has 0 fully saturated rings. The van der Waals surface area contributed by atoms with E-state index in [-0.39, 0.29) is 11.3 Å². The molecule has 0 aliphatic carbocycles. The summed E-state index contributed by atoms with van der Waals surface area (Å²) in [6.07, 6.45) is 3.69. The second kappa shape index (κ2) is 8.43. The van der Waals surface area contributed by atoms with Crippen molar-refractivity contribution < 1.29 is 14.8 Å². The third-order valence-corrected chi connectivity index (χ3v) is 3.84. The van der Waals surface area contributed by atoms with E-state index in [0.717, 1.165) is 24.8 Å². The van der Waals surface area contributed by atoms with Gasteiger partial charge in [0.15, 0.2) is 11.5 Å². The number of unbranched alkanes of at least 4 members (excludes halogenated alkanes) is 2. The molecule has 0 heterocycles. The Kier molecular flexibility index (Phi) is 6.86. The van der Waals surface area contributed by atoms with Gasteiger partial charge in [-0.1, -0.05) is 46.6 Å². The predicted octanol–water partition coefficient (Wildman–Crippen LogP) is 4.74. The Labute approximate surface area is 147 Å². The third-order valence-electron chi connectivity index (χ3n) is 3.84. The minimum Gasteiger partial charge on any atom is -0.506 e. The van der Waals surface area contributed by atoms with Crippen LogP contribution in [0.5, 0.6) is 0 Å². The normalized spacial score (nSPS) is 12.3. The SMILES string of the molecule is CCCCCc1ccc(C(O)=C(C#N)C(=O)C(C)(C)C)c([N+](=O)[O-])c1. The molecule has 0 atom stereocenters. The molecule has 0 unspecified atom stereocenters. The predicted molar refractivity (Wildman–Crippen MR) is 95.9 cm³/mol. The van der Waals surface area contributed by atoms with Crippen LogP contribution in [0, 0.1) is 26.9 Å². The number of Topliss-reactive ketones (excluding diaryl/α,β-unsaturated/α-hetero) is 1. The van der Waals surface area contributed by atoms with Crippen molar-refractivity contribution in [2.75, 3.05) is 0 Å². The van der Waals surface area contributed by atoms with Crippen molar-refractivity contribution in [1.82, 2.24) is 0 Å². The Hall–Kier alpha value is -2.68. The molecule has 0 saturated heterocycles. The van der Waals surface area contributed by atoms with Crippen molar-refractivity contribution in [1.29, 1.82) is 5.26 Å². The summed E-state index contributed by atoms with van der Waals surface area (Å²) in [4.78, 5) is 23.1. The van der Waals surface area contributed by atoms with Crippen molar-refractivity contribution >= 4 is 17.2 Å². The molecule has 0 radical (unpaired) electrons. The second-order valence-corrected chi connectivity index (χ2v) is 6.98. The van der Waals surface area contributed by atoms with Gasteiger partial charge in [-0.05, 0) is 24.5 Å². The number of allylic oxidation sites excluding steroid dienone is 1. The van der Waals surface area contributed by atoms with Crippen LogP contribution in [0.3, 0.4) is 0 Å². The second-order valence-electron chi connectivity index (χ2n) is 6.98. The number of ketones is 1. The number of nitro benzene ring substituents is 1. The number of aliphatic hydroxyl groups is 1. The first kappa shape index (κ1) is 20.4. The van der Waals surface area contributed by atoms with Gasteiger partial charge in [0, 0.05) is 11.5 Å². The van der Waals surface area contributed by atoms with E-state index in [1.54, 1.807) is 32.9 Å². The number of nitro groups is 1. The zero-order valence-corrected chi connectivity index (χ0v) is 15.1. The summed E-state index contributed by atoms with van der Waals surface area (Å²) in [5, 5.41) is 31.0. The topological polar surface area (TPSA) is 104 Å². The number of nitrogens with zero attached hydrogens (tertiary/aromatic N) is 2. The summed E-state index contributed by atoms with van der Waals surface area (Å²) in [6.45, 7) is 6.92. The van der Waals surface area contributed by atoms with E-state index in [1.165, 1.54) is 12.1 Å². The van der Waals surface area contributed by atoms with Gasteiger partial charge in [0.2, 0.25) is 0 Å². The zero-order valence-electron chi connectivity index (χ0n) is 15.1. The highest BCUT2D eigenvalue weighted by atomic mass is 16.6. The lowest BCUT2D eigenvalue weighted by atomic mass is 9.85. The van der Waals surface area contributed by atoms with Crippen molar-refractivity contribution in [3.8, 4) is 6.07 Å². The van der Waals surface area contributed by atoms with E-state index in [0.29, 0.717) is 6.42 Å². The fourth-order valence-electron chi connectivity index (χ4n) is 2.38. The molecule has 6 nitrogen and oxygen atoms in total. The number of hydrogen-bond acceptors (Lipinski definition) is 5. The van der Waals surface area contributed by atoms with Crippen LogP contribution in [0.25, 0.3) is 5.76 Å². The van der Waals surface area contributed by atoms with Crippen LogP contribution in [0.2, 0.25) is 0 Å². The standard InChI is InChI=1S/C19H24N2O4/c1-5-6-7-8-13-9-10-14(16(11-13)21(24)25)17(22)15(12-20)18(23)19(2,3)4/h9-11,22H,5-8H2,1-4H3. The van der Waals surface area contributed by atoms with Crippen molar-refractivity contribution in [3.63, 3.8) is 0 Å². The molecule has 1 rings (SSSR count). The molecule has 6 heteroatoms. The third kappa shape index (κ3) is 5.15. The Balaban J connectivity index is 3.39. The summed E-state index contributed by atoms with van der Waals surface area (Å²) in [7, 11) is 0. The largest absolute Gasteiger partial charge is 0.506 e. The average molecular weight is 344 g/mol. The number of carbonyl (C=O) groups is 1. The van der Waals surface area contributed by atoms with E-state index >= 15 is 0 Å². The maximum Gasteiger partial charge on any atom is 0.280 e. The molecule has 1 aromatic rings. The van der Waals surface area contributed by atoms with Crippen molar-refractivity contribution in [2.24, 2.45) is 5.41 Å². The highest BCUT2D eigenvalue weighted by molar-refractivity contribution is 6.08. The lowest BCUT2D eigenvalue weighted by molar-refractivity contribution is -0.385. The van der Waals surface area contributed by atoms with Crippen molar-refractivity contribution in [3.05, 3.63) is 45.0 Å². The molecule has 0 spiro atoms. The summed E-state index contributed by atoms with van der Waals surface area (Å²) >= 11 is 0. The minimum atomic E-state index is -0.881. The molecular weight excluding hydrogens is 320 g/mol. The van der Waals surface area contributed by atoms with Gasteiger partial charge in [-0.2, -0.15) is 5.26 Å². The fourth-order valence-corrected chi connectivity index (χ4v) is 2.38. The highest BCUT2D eigenvalue weighted by Gasteiger charge is 2.30. The quantitative estimate of drug-likeness (QED) is 0.192. The van der Waals surface area contributed by atoms with Gasteiger partial charge in [0.05, 0.1) is 10.5 Å². The van der Waals surface area contributed by atoms with Crippen LogP contribution in [-0.4, -0.2) is 15.8 Å². The van der Waals surface area contributed by atoms with Gasteiger partial charge < -0.3 is 5.11 Å². The fraction of sp³-hybridized carbons (Fsp3) is 0.474. The Morgan fingerprint density at radius 1 is 1.32 bits per heavy atom. The van der Waals surface area contributed by atoms with E-state index in [9.17, 15) is 25.3 Å². The average Bonchev–Trinajstić information content (AvgIpc) is 2.54. The van der Waals surface area contributed by atoms with Gasteiger partial charge >= 0.3 is 0 Å². The molecule has 25 heavy (non-hydrogen) atoms. The Morgan fingerprint density at radius 3 is 2.44 bits per heavy atom. The summed E-state index contributed by atoms with van der Waals surface area (Å²) in [6, 6.07) is 6.18. The zero-order chi connectivity index (χ0) is 19.2. The molecule has 0 aliphatic heterocycles. The lowest BCUT2D eigenvalue weighted by Crippen LogP contribution is -2.22. The molecule has 0 aliphatic rings. The lowest BCUT2D eigenvalue weighted by Gasteiger charge is -2.16. The summed E-state index contributed by atoms with van der Waals surface area (Å²) < 4.78 is 0. The first-order chi connectivity index (χ1) is 11.6. The molecule has 0 saturated carbocycles. The van der Waals surface area contributed by atoms with Crippen molar-refractivity contribution in [2.45, 2.75) is 53.4 Å². The molecule has 0 amide bonds. The summed E-state index contributed by atoms with van der Waals surface area (Å²) in [5.41, 5.74) is -0.973. The van der Waals surface area contributed by atoms with Gasteiger partial charge in [-0.3, -0.25) is 14.9 Å². The number of rotatable bonds is 7. The van der Waals surface area contributed by atoms with Crippen LogP contribution in [0.15, 0.2) is 23.8 Å². The van der Waals surface area contributed by atoms with Crippen LogP contribution in [-0.2, 0) is 11.2 Å². The first-order valence-corrected chi connectivity index (χ1v) is 8.29. The smallest absolute Gasteiger partial charge is 0.280 e. The first-order valence-electron chi connectivity index (χ1n) is 8.29. The minimum absolute atomic E-state index is 0.113. The van der Waals surface area contributed by atoms with Crippen LogP contribution >= 0.6 is 0 Å². The molecule has 0 aromatic heterocycles. The number of carbonyl (C=O) groups excluding carboxylic acids is 1. The number of aliphatic hydroxyl groups excluding tert-OH is 1. The molecule has 1 N–H and O–H groups in total. The highest BCUT2D eigenvalue weighted by Crippen LogP contribution is 2.31. The molecule has 1 aromatic carbocycles. The summed E-state index contributed by atoms with van der Waals surface area (Å²) in [5.74, 6) is -1.21. The number of hydrogen-bond donors (Lipinski definition) is 1. The maximum absolute atomic E-state index is 12.3. The van der Waals surface area contributed by atoms with Gasteiger partial charge in [-0.15, -0.1) is 0 Å². The van der Waals surface area contributed by atoms with Gasteiger partial charge in [0.25, 0.3) is 5.69 Å². The van der Waals surface area contributed by atoms with E-state index < -0.39 is 27.5 Å². The van der Waals surface area contributed by atoms with E-state index in [1.807, 2.05) is 0 Å². The van der Waals surface area contributed by atoms with Crippen LogP contribution < -0.4 is 0 Å². The van der Waals surface area contributed by atoms with E-state index in [4.69, 9.17) is 0 Å². The van der Waals surface area contributed by atoms with Crippen LogP contribution in [0.1, 0.15) is 58.1 Å². The molecule has 134 valence electrons. The molecule has 0 bridgehead atoms.